The lowest BCUT2D eigenvalue weighted by atomic mass is 10.2. The molecule has 0 aromatic heterocycles. The minimum atomic E-state index is -0.707. The Morgan fingerprint density at radius 3 is 2.38 bits per heavy atom. The fourth-order valence-electron chi connectivity index (χ4n) is 0.664. The van der Waals surface area contributed by atoms with E-state index in [1.54, 1.807) is 20.8 Å². The molecule has 0 aromatic rings. The van der Waals surface area contributed by atoms with Crippen LogP contribution in [0.15, 0.2) is 0 Å². The number of hydrogen-bond acceptors (Lipinski definition) is 3. The molecule has 0 saturated carbocycles. The zero-order valence-electron chi connectivity index (χ0n) is 8.59. The number of halogens is 1. The molecule has 0 heterocycles. The third-order valence-electron chi connectivity index (χ3n) is 1.13. The van der Waals surface area contributed by atoms with Gasteiger partial charge in [-0.2, -0.15) is 0 Å². The largest absolute Gasteiger partial charge is 0.510 e. The second-order valence-corrected chi connectivity index (χ2v) is 4.27. The molecule has 1 atom stereocenters. The summed E-state index contributed by atoms with van der Waals surface area (Å²) in [5.74, 6) is 0. The van der Waals surface area contributed by atoms with Crippen molar-refractivity contribution in [3.8, 4) is 0 Å². The molecule has 1 unspecified atom stereocenters. The fourth-order valence-corrected chi connectivity index (χ4v) is 0.955. The number of carbonyl (C=O) groups is 1. The Labute approximate surface area is 84.4 Å². The molecule has 0 rings (SSSR count). The lowest BCUT2D eigenvalue weighted by Crippen LogP contribution is -2.26. The first-order valence-electron chi connectivity index (χ1n) is 4.39. The predicted octanol–water partition coefficient (Wildman–Crippen LogP) is 3.30. The van der Waals surface area contributed by atoms with Crippen molar-refractivity contribution in [1.82, 2.24) is 0 Å². The maximum atomic E-state index is 11.0. The van der Waals surface area contributed by atoms with Crippen molar-refractivity contribution < 1.29 is 14.3 Å². The van der Waals surface area contributed by atoms with Gasteiger partial charge in [-0.1, -0.05) is 24.9 Å². The van der Waals surface area contributed by atoms with E-state index in [0.29, 0.717) is 6.42 Å². The molecule has 0 aliphatic heterocycles. The summed E-state index contributed by atoms with van der Waals surface area (Å²) in [7, 11) is 0. The van der Waals surface area contributed by atoms with Gasteiger partial charge in [0.15, 0.2) is 5.56 Å². The second kappa shape index (κ2) is 5.32. The molecule has 78 valence electrons. The number of ether oxygens (including phenoxy) is 2. The lowest BCUT2D eigenvalue weighted by Gasteiger charge is -2.20. The van der Waals surface area contributed by atoms with Gasteiger partial charge in [0.1, 0.15) is 5.60 Å². The van der Waals surface area contributed by atoms with E-state index in [9.17, 15) is 4.79 Å². The number of rotatable bonds is 3. The quantitative estimate of drug-likeness (QED) is 0.527. The Kier molecular flexibility index (Phi) is 5.14. The minimum Gasteiger partial charge on any atom is -0.429 e. The van der Waals surface area contributed by atoms with E-state index >= 15 is 0 Å². The molecule has 0 spiro atoms. The van der Waals surface area contributed by atoms with Crippen LogP contribution in [0.5, 0.6) is 0 Å². The van der Waals surface area contributed by atoms with Crippen molar-refractivity contribution in [3.63, 3.8) is 0 Å². The topological polar surface area (TPSA) is 35.5 Å². The summed E-state index contributed by atoms with van der Waals surface area (Å²) in [6, 6.07) is 0. The SMILES string of the molecule is CCCC(Cl)OC(=O)OC(C)(C)C. The Hall–Kier alpha value is -0.440. The standard InChI is InChI=1S/C9H17ClO3/c1-5-6-7(10)12-8(11)13-9(2,3)4/h7H,5-6H2,1-4H3. The van der Waals surface area contributed by atoms with Crippen LogP contribution in [0, 0.1) is 0 Å². The minimum absolute atomic E-state index is 0.528. The first-order valence-corrected chi connectivity index (χ1v) is 4.82. The molecule has 0 N–H and O–H groups in total. The molecule has 0 aromatic carbocycles. The molecule has 4 heteroatoms. The smallest absolute Gasteiger partial charge is 0.429 e. The molecule has 0 saturated heterocycles. The Morgan fingerprint density at radius 2 is 2.00 bits per heavy atom. The van der Waals surface area contributed by atoms with Gasteiger partial charge in [0, 0.05) is 0 Å². The highest BCUT2D eigenvalue weighted by Crippen LogP contribution is 2.12. The maximum absolute atomic E-state index is 11.0. The average Bonchev–Trinajstić information content (AvgIpc) is 1.81. The van der Waals surface area contributed by atoms with Gasteiger partial charge in [-0.25, -0.2) is 4.79 Å². The highest BCUT2D eigenvalue weighted by molar-refractivity contribution is 6.20. The van der Waals surface area contributed by atoms with Gasteiger partial charge in [-0.3, -0.25) is 0 Å². The normalized spacial score (nSPS) is 13.6. The predicted molar refractivity (Wildman–Crippen MR) is 51.9 cm³/mol. The Morgan fingerprint density at radius 1 is 1.46 bits per heavy atom. The summed E-state index contributed by atoms with van der Waals surface area (Å²) < 4.78 is 9.68. The molecule has 0 aliphatic rings. The average molecular weight is 209 g/mol. The van der Waals surface area contributed by atoms with Crippen molar-refractivity contribution in [3.05, 3.63) is 0 Å². The summed E-state index contributed by atoms with van der Waals surface area (Å²) >= 11 is 5.68. The van der Waals surface area contributed by atoms with E-state index in [-0.39, 0.29) is 0 Å². The summed E-state index contributed by atoms with van der Waals surface area (Å²) in [6.45, 7) is 7.29. The van der Waals surface area contributed by atoms with Gasteiger partial charge in [0.25, 0.3) is 0 Å². The molecule has 0 bridgehead atoms. The molecule has 0 fully saturated rings. The number of alkyl halides is 1. The van der Waals surface area contributed by atoms with Crippen LogP contribution in [0.4, 0.5) is 4.79 Å². The summed E-state index contributed by atoms with van der Waals surface area (Å²) in [5, 5.41) is 0. The van der Waals surface area contributed by atoms with Gasteiger partial charge in [-0.05, 0) is 27.2 Å². The van der Waals surface area contributed by atoms with Gasteiger partial charge < -0.3 is 9.47 Å². The zero-order valence-corrected chi connectivity index (χ0v) is 9.35. The van der Waals surface area contributed by atoms with E-state index in [1.807, 2.05) is 6.92 Å². The van der Waals surface area contributed by atoms with Crippen LogP contribution in [0.25, 0.3) is 0 Å². The van der Waals surface area contributed by atoms with Crippen LogP contribution in [-0.2, 0) is 9.47 Å². The van der Waals surface area contributed by atoms with Crippen molar-refractivity contribution in [2.75, 3.05) is 0 Å². The zero-order chi connectivity index (χ0) is 10.5. The highest BCUT2D eigenvalue weighted by atomic mass is 35.5. The van der Waals surface area contributed by atoms with E-state index in [2.05, 4.69) is 0 Å². The summed E-state index contributed by atoms with van der Waals surface area (Å²) in [5.41, 5.74) is -1.11. The molecule has 0 amide bonds. The highest BCUT2D eigenvalue weighted by Gasteiger charge is 2.19. The summed E-state index contributed by atoms with van der Waals surface area (Å²) in [6.07, 6.45) is 0.804. The lowest BCUT2D eigenvalue weighted by molar-refractivity contribution is -0.0141. The first kappa shape index (κ1) is 12.6. The van der Waals surface area contributed by atoms with Crippen molar-refractivity contribution >= 4 is 17.8 Å². The van der Waals surface area contributed by atoms with Crippen LogP contribution in [0.2, 0.25) is 0 Å². The fraction of sp³-hybridized carbons (Fsp3) is 0.889. The third-order valence-corrected chi connectivity index (χ3v) is 1.44. The van der Waals surface area contributed by atoms with Crippen LogP contribution < -0.4 is 0 Å². The van der Waals surface area contributed by atoms with Crippen LogP contribution in [0.1, 0.15) is 40.5 Å². The van der Waals surface area contributed by atoms with E-state index in [1.165, 1.54) is 0 Å². The molecule has 0 radical (unpaired) electrons. The van der Waals surface area contributed by atoms with Crippen LogP contribution >= 0.6 is 11.6 Å². The van der Waals surface area contributed by atoms with Crippen molar-refractivity contribution in [2.45, 2.75) is 51.7 Å². The summed E-state index contributed by atoms with van der Waals surface area (Å²) in [4.78, 5) is 11.0. The van der Waals surface area contributed by atoms with Crippen LogP contribution in [-0.4, -0.2) is 17.3 Å². The Balaban J connectivity index is 3.74. The van der Waals surface area contributed by atoms with E-state index in [0.717, 1.165) is 6.42 Å². The Bertz CT molecular complexity index is 163. The van der Waals surface area contributed by atoms with Crippen molar-refractivity contribution in [2.24, 2.45) is 0 Å². The molecular formula is C9H17ClO3. The van der Waals surface area contributed by atoms with E-state index < -0.39 is 17.3 Å². The molecule has 3 nitrogen and oxygen atoms in total. The van der Waals surface area contributed by atoms with Crippen molar-refractivity contribution in [1.29, 1.82) is 0 Å². The number of hydrogen-bond donors (Lipinski definition) is 0. The van der Waals surface area contributed by atoms with Gasteiger partial charge in [0.05, 0.1) is 0 Å². The van der Waals surface area contributed by atoms with E-state index in [4.69, 9.17) is 21.1 Å². The van der Waals surface area contributed by atoms with Crippen LogP contribution in [0.3, 0.4) is 0 Å². The maximum Gasteiger partial charge on any atom is 0.510 e. The monoisotopic (exact) mass is 208 g/mol. The molecule has 13 heavy (non-hydrogen) atoms. The third kappa shape index (κ3) is 7.91. The van der Waals surface area contributed by atoms with Gasteiger partial charge in [-0.15, -0.1) is 0 Å². The molecular weight excluding hydrogens is 192 g/mol. The molecule has 0 aliphatic carbocycles. The van der Waals surface area contributed by atoms with Gasteiger partial charge >= 0.3 is 6.16 Å². The number of carbonyl (C=O) groups excluding carboxylic acids is 1. The first-order chi connectivity index (χ1) is 5.85. The van der Waals surface area contributed by atoms with Gasteiger partial charge in [0.2, 0.25) is 0 Å². The second-order valence-electron chi connectivity index (χ2n) is 3.78.